The van der Waals surface area contributed by atoms with E-state index < -0.39 is 11.2 Å². The van der Waals surface area contributed by atoms with Crippen LogP contribution in [0.5, 0.6) is 0 Å². The van der Waals surface area contributed by atoms with E-state index in [0.29, 0.717) is 18.0 Å². The van der Waals surface area contributed by atoms with Crippen molar-refractivity contribution in [2.24, 2.45) is 12.1 Å². The van der Waals surface area contributed by atoms with Gasteiger partial charge in [-0.1, -0.05) is 58.4 Å². The highest BCUT2D eigenvalue weighted by molar-refractivity contribution is 9.10. The Hall–Kier alpha value is -3.46. The Kier molecular flexibility index (Phi) is 5.13. The summed E-state index contributed by atoms with van der Waals surface area (Å²) in [5, 5.41) is 4.25. The third kappa shape index (κ3) is 3.90. The lowest BCUT2D eigenvalue weighted by Crippen LogP contribution is -2.29. The van der Waals surface area contributed by atoms with Crippen LogP contribution in [-0.2, 0) is 13.6 Å². The molecule has 4 aromatic rings. The molecule has 2 N–H and O–H groups in total. The first-order valence-corrected chi connectivity index (χ1v) is 9.60. The largest absolute Gasteiger partial charge is 0.329 e. The minimum Gasteiger partial charge on any atom is -0.298 e. The molecular weight excluding hydrogens is 436 g/mol. The summed E-state index contributed by atoms with van der Waals surface area (Å²) < 4.78 is 4.00. The number of imidazole rings is 1. The molecule has 0 bridgehead atoms. The number of nitrogens with one attached hydrogen (secondary N) is 2. The summed E-state index contributed by atoms with van der Waals surface area (Å²) in [5.41, 5.74) is 4.37. The van der Waals surface area contributed by atoms with Gasteiger partial charge in [0.25, 0.3) is 5.56 Å². The third-order valence-electron chi connectivity index (χ3n) is 4.44. The van der Waals surface area contributed by atoms with Crippen LogP contribution in [0.3, 0.4) is 0 Å². The van der Waals surface area contributed by atoms with E-state index in [4.69, 9.17) is 0 Å². The van der Waals surface area contributed by atoms with Crippen molar-refractivity contribution in [3.8, 4) is 0 Å². The lowest BCUT2D eigenvalue weighted by atomic mass is 10.2. The molecule has 9 heteroatoms. The fourth-order valence-electron chi connectivity index (χ4n) is 2.95. The zero-order valence-corrected chi connectivity index (χ0v) is 17.0. The topological polar surface area (TPSA) is 97.1 Å². The fraction of sp³-hybridized carbons (Fsp3) is 0.100. The molecular formula is C20H17BrN6O2. The van der Waals surface area contributed by atoms with Gasteiger partial charge in [0.15, 0.2) is 11.2 Å². The van der Waals surface area contributed by atoms with Crippen LogP contribution in [0, 0.1) is 0 Å². The Morgan fingerprint density at radius 3 is 2.59 bits per heavy atom. The number of hydrogen-bond acceptors (Lipinski definition) is 5. The van der Waals surface area contributed by atoms with Crippen LogP contribution >= 0.6 is 15.9 Å². The van der Waals surface area contributed by atoms with Crippen LogP contribution in [0.15, 0.2) is 73.8 Å². The van der Waals surface area contributed by atoms with E-state index in [1.54, 1.807) is 17.8 Å². The van der Waals surface area contributed by atoms with Crippen molar-refractivity contribution in [2.75, 3.05) is 5.43 Å². The summed E-state index contributed by atoms with van der Waals surface area (Å²) in [6.45, 7) is 0.398. The zero-order chi connectivity index (χ0) is 20.4. The molecule has 4 rings (SSSR count). The predicted octanol–water partition coefficient (Wildman–Crippen LogP) is 2.68. The van der Waals surface area contributed by atoms with E-state index in [0.717, 1.165) is 15.6 Å². The molecule has 0 aliphatic heterocycles. The highest BCUT2D eigenvalue weighted by Gasteiger charge is 2.17. The standard InChI is InChI=1S/C20H17BrN6O2/c1-26-17-16(18(28)24-20(26)29)27(12-14-5-3-2-4-6-14)19(23-17)25-22-11-13-7-9-15(21)10-8-13/h2-11H,12H2,1H3,(H,23,25)(H,24,28,29)/b22-11-. The number of halogens is 1. The summed E-state index contributed by atoms with van der Waals surface area (Å²) in [6.07, 6.45) is 1.65. The van der Waals surface area contributed by atoms with Gasteiger partial charge >= 0.3 is 5.69 Å². The third-order valence-corrected chi connectivity index (χ3v) is 4.97. The maximum atomic E-state index is 12.5. The molecule has 0 amide bonds. The molecule has 146 valence electrons. The molecule has 0 radical (unpaired) electrons. The number of aromatic nitrogens is 4. The molecule has 0 aliphatic carbocycles. The second-order valence-electron chi connectivity index (χ2n) is 6.42. The minimum absolute atomic E-state index is 0.288. The molecule has 0 saturated carbocycles. The van der Waals surface area contributed by atoms with Gasteiger partial charge in [-0.15, -0.1) is 0 Å². The van der Waals surface area contributed by atoms with Crippen molar-refractivity contribution in [1.29, 1.82) is 0 Å². The molecule has 2 aromatic heterocycles. The molecule has 29 heavy (non-hydrogen) atoms. The van der Waals surface area contributed by atoms with Crippen LogP contribution < -0.4 is 16.7 Å². The Morgan fingerprint density at radius 1 is 1.14 bits per heavy atom. The van der Waals surface area contributed by atoms with Crippen molar-refractivity contribution < 1.29 is 0 Å². The number of benzene rings is 2. The Balaban J connectivity index is 1.77. The van der Waals surface area contributed by atoms with E-state index in [9.17, 15) is 9.59 Å². The second-order valence-corrected chi connectivity index (χ2v) is 7.33. The number of rotatable bonds is 5. The molecule has 2 aromatic carbocycles. The normalized spacial score (nSPS) is 11.4. The van der Waals surface area contributed by atoms with Crippen LogP contribution in [0.1, 0.15) is 11.1 Å². The first-order chi connectivity index (χ1) is 14.0. The number of nitrogens with zero attached hydrogens (tertiary/aromatic N) is 4. The quantitative estimate of drug-likeness (QED) is 0.359. The Morgan fingerprint density at radius 2 is 1.86 bits per heavy atom. The summed E-state index contributed by atoms with van der Waals surface area (Å²) in [5.74, 6) is 0.365. The van der Waals surface area contributed by atoms with Crippen LogP contribution in [-0.4, -0.2) is 25.3 Å². The summed E-state index contributed by atoms with van der Waals surface area (Å²) in [4.78, 5) is 31.2. The van der Waals surface area contributed by atoms with Gasteiger partial charge in [-0.05, 0) is 23.3 Å². The maximum Gasteiger partial charge on any atom is 0.329 e. The van der Waals surface area contributed by atoms with E-state index in [1.165, 1.54) is 4.57 Å². The molecule has 0 saturated heterocycles. The molecule has 0 spiro atoms. The van der Waals surface area contributed by atoms with Gasteiger partial charge in [-0.2, -0.15) is 10.1 Å². The molecule has 0 atom stereocenters. The SMILES string of the molecule is Cn1c(=O)[nH]c(=O)c2c1nc(N/N=C\c1ccc(Br)cc1)n2Cc1ccccc1. The average Bonchev–Trinajstić information content (AvgIpc) is 3.07. The predicted molar refractivity (Wildman–Crippen MR) is 116 cm³/mol. The summed E-state index contributed by atoms with van der Waals surface area (Å²) >= 11 is 3.40. The minimum atomic E-state index is -0.517. The number of H-pyrrole nitrogens is 1. The number of hydrogen-bond donors (Lipinski definition) is 2. The summed E-state index contributed by atoms with van der Waals surface area (Å²) in [6, 6.07) is 17.3. The van der Waals surface area contributed by atoms with E-state index in [1.807, 2.05) is 54.6 Å². The van der Waals surface area contributed by atoms with Crippen molar-refractivity contribution in [3.63, 3.8) is 0 Å². The van der Waals surface area contributed by atoms with Gasteiger partial charge in [-0.25, -0.2) is 10.2 Å². The van der Waals surface area contributed by atoms with Gasteiger partial charge in [-0.3, -0.25) is 18.9 Å². The smallest absolute Gasteiger partial charge is 0.298 e. The van der Waals surface area contributed by atoms with Gasteiger partial charge in [0.05, 0.1) is 12.8 Å². The number of aryl methyl sites for hydroxylation is 1. The van der Waals surface area contributed by atoms with Crippen molar-refractivity contribution in [3.05, 3.63) is 91.0 Å². The molecule has 0 aliphatic rings. The van der Waals surface area contributed by atoms with Gasteiger partial charge < -0.3 is 0 Å². The summed E-state index contributed by atoms with van der Waals surface area (Å²) in [7, 11) is 1.56. The number of fused-ring (bicyclic) bond motifs is 1. The van der Waals surface area contributed by atoms with Crippen LogP contribution in [0.25, 0.3) is 11.2 Å². The van der Waals surface area contributed by atoms with E-state index >= 15 is 0 Å². The number of hydrazone groups is 1. The van der Waals surface area contributed by atoms with E-state index in [2.05, 4.69) is 36.4 Å². The highest BCUT2D eigenvalue weighted by Crippen LogP contribution is 2.18. The maximum absolute atomic E-state index is 12.5. The number of aromatic amines is 1. The van der Waals surface area contributed by atoms with Crippen molar-refractivity contribution >= 4 is 39.3 Å². The lowest BCUT2D eigenvalue weighted by Gasteiger charge is -2.08. The van der Waals surface area contributed by atoms with Gasteiger partial charge in [0, 0.05) is 11.5 Å². The first-order valence-electron chi connectivity index (χ1n) is 8.81. The van der Waals surface area contributed by atoms with Crippen LogP contribution in [0.4, 0.5) is 5.95 Å². The van der Waals surface area contributed by atoms with Crippen molar-refractivity contribution in [2.45, 2.75) is 6.54 Å². The molecule has 0 unspecified atom stereocenters. The number of anilines is 1. The Labute approximate surface area is 173 Å². The average molecular weight is 453 g/mol. The van der Waals surface area contributed by atoms with Crippen molar-refractivity contribution in [1.82, 2.24) is 19.1 Å². The monoisotopic (exact) mass is 452 g/mol. The van der Waals surface area contributed by atoms with Gasteiger partial charge in [0.2, 0.25) is 5.95 Å². The fourth-order valence-corrected chi connectivity index (χ4v) is 3.22. The molecule has 8 nitrogen and oxygen atoms in total. The molecule has 2 heterocycles. The molecule has 0 fully saturated rings. The lowest BCUT2D eigenvalue weighted by molar-refractivity contribution is 0.808. The Bertz CT molecular complexity index is 1300. The highest BCUT2D eigenvalue weighted by atomic mass is 79.9. The van der Waals surface area contributed by atoms with Crippen LogP contribution in [0.2, 0.25) is 0 Å². The van der Waals surface area contributed by atoms with E-state index in [-0.39, 0.29) is 5.65 Å². The van der Waals surface area contributed by atoms with Gasteiger partial charge in [0.1, 0.15) is 0 Å². The first kappa shape index (κ1) is 18.9. The second kappa shape index (κ2) is 7.88. The zero-order valence-electron chi connectivity index (χ0n) is 15.5.